The van der Waals surface area contributed by atoms with Crippen molar-refractivity contribution in [2.75, 3.05) is 34.7 Å². The molecule has 1 saturated heterocycles. The Morgan fingerprint density at radius 3 is 2.04 bits per heavy atom. The second kappa shape index (κ2) is 10.7. The van der Waals surface area contributed by atoms with E-state index in [0.29, 0.717) is 34.3 Å². The van der Waals surface area contributed by atoms with Gasteiger partial charge < -0.3 is 33.4 Å². The van der Waals surface area contributed by atoms with Crippen LogP contribution in [0.3, 0.4) is 0 Å². The molecule has 1 aliphatic carbocycles. The van der Waals surface area contributed by atoms with Crippen molar-refractivity contribution in [1.29, 1.82) is 0 Å². The molecule has 1 fully saturated rings. The number of amides is 2. The van der Waals surface area contributed by atoms with E-state index in [2.05, 4.69) is 39.2 Å². The normalized spacial score (nSPS) is 24.0. The minimum Gasteiger partial charge on any atom is -0.539 e. The molecule has 3 heterocycles. The van der Waals surface area contributed by atoms with Gasteiger partial charge in [0.2, 0.25) is 6.79 Å². The minimum absolute atomic E-state index is 0.0663. The summed E-state index contributed by atoms with van der Waals surface area (Å²) in [5.74, 6) is 0.0381. The smallest absolute Gasteiger partial charge is 0.310 e. The lowest BCUT2D eigenvalue weighted by Crippen LogP contribution is -2.44. The molecule has 0 saturated carbocycles. The van der Waals surface area contributed by atoms with Crippen LogP contribution in [-0.2, 0) is 19.1 Å². The number of hydrogen-bond acceptors (Lipinski definition) is 10. The Balaban J connectivity index is 1.52. The highest BCUT2D eigenvalue weighted by atomic mass is 28.4. The number of cyclic esters (lactones) is 1. The van der Waals surface area contributed by atoms with Gasteiger partial charge in [-0.1, -0.05) is 20.8 Å². The maximum absolute atomic E-state index is 13.6. The molecule has 3 aliphatic heterocycles. The van der Waals surface area contributed by atoms with Gasteiger partial charge in [-0.05, 0) is 66.0 Å². The minimum atomic E-state index is -2.28. The van der Waals surface area contributed by atoms with Gasteiger partial charge in [-0.25, -0.2) is 0 Å². The highest BCUT2D eigenvalue weighted by molar-refractivity contribution is 6.74. The zero-order valence-electron chi connectivity index (χ0n) is 27.2. The summed E-state index contributed by atoms with van der Waals surface area (Å²) < 4.78 is 35.7. The quantitative estimate of drug-likeness (QED) is 0.261. The zero-order valence-corrected chi connectivity index (χ0v) is 28.2. The van der Waals surface area contributed by atoms with Crippen LogP contribution in [0.2, 0.25) is 18.1 Å². The van der Waals surface area contributed by atoms with Crippen molar-refractivity contribution < 1.29 is 42.5 Å². The summed E-state index contributed by atoms with van der Waals surface area (Å²) in [6, 6.07) is 7.07. The Morgan fingerprint density at radius 1 is 0.911 bits per heavy atom. The van der Waals surface area contributed by atoms with Gasteiger partial charge in [0, 0.05) is 24.5 Å². The molecule has 6 rings (SSSR count). The lowest BCUT2D eigenvalue weighted by molar-refractivity contribution is -0.141. The number of imide groups is 1. The summed E-state index contributed by atoms with van der Waals surface area (Å²) in [5, 5.41) is 3.29. The van der Waals surface area contributed by atoms with E-state index in [4.69, 9.17) is 28.1 Å². The van der Waals surface area contributed by atoms with Crippen molar-refractivity contribution in [2.45, 2.75) is 57.8 Å². The predicted molar refractivity (Wildman–Crippen MR) is 166 cm³/mol. The number of nitrogens with one attached hydrogen (secondary N) is 1. The molecule has 0 aromatic heterocycles. The first-order valence-electron chi connectivity index (χ1n) is 15.0. The average Bonchev–Trinajstić information content (AvgIpc) is 3.66. The van der Waals surface area contributed by atoms with Crippen LogP contribution in [0.15, 0.2) is 35.5 Å². The van der Waals surface area contributed by atoms with Crippen LogP contribution in [0, 0.1) is 11.8 Å². The van der Waals surface area contributed by atoms with Crippen LogP contribution in [-0.4, -0.2) is 65.7 Å². The van der Waals surface area contributed by atoms with Gasteiger partial charge in [-0.15, -0.1) is 0 Å². The second-order valence-corrected chi connectivity index (χ2v) is 18.3. The molecule has 11 nitrogen and oxygen atoms in total. The number of carbonyl (C=O) groups is 3. The Kier molecular flexibility index (Phi) is 7.34. The number of benzene rings is 2. The van der Waals surface area contributed by atoms with Crippen LogP contribution in [0.1, 0.15) is 56.3 Å². The fourth-order valence-electron chi connectivity index (χ4n) is 6.44. The monoisotopic (exact) mass is 636 g/mol. The van der Waals surface area contributed by atoms with Crippen molar-refractivity contribution in [1.82, 2.24) is 10.2 Å². The predicted octanol–water partition coefficient (Wildman–Crippen LogP) is 4.65. The molecule has 2 amide bonds. The fraction of sp³-hybridized carbons (Fsp3) is 0.485. The first-order chi connectivity index (χ1) is 21.2. The largest absolute Gasteiger partial charge is 0.539 e. The lowest BCUT2D eigenvalue weighted by Gasteiger charge is -2.40. The summed E-state index contributed by atoms with van der Waals surface area (Å²) in [4.78, 5) is 40.4. The van der Waals surface area contributed by atoms with Crippen molar-refractivity contribution in [2.24, 2.45) is 11.8 Å². The summed E-state index contributed by atoms with van der Waals surface area (Å²) in [6.45, 7) is 12.6. The Labute approximate surface area is 263 Å². The molecule has 12 heteroatoms. The molecule has 2 aromatic carbocycles. The second-order valence-electron chi connectivity index (χ2n) is 13.5. The summed E-state index contributed by atoms with van der Waals surface area (Å²) in [7, 11) is 2.35. The van der Waals surface area contributed by atoms with Crippen LogP contribution in [0.25, 0.3) is 0 Å². The molecule has 0 bridgehead atoms. The molecule has 240 valence electrons. The number of nitrogens with zero attached hydrogens (tertiary/aromatic N) is 1. The SMILES string of the molecule is COc1cc([C@@H]2c3cc4c(cc3[C@@H](NC3=C(C)C(=O)N(C)C3=O)[C@H]3COC(=O)[C@H]23)OCO4)cc(OC)c1O[Si](C)(C)C(C)(C)C. The van der Waals surface area contributed by atoms with E-state index in [1.165, 1.54) is 7.05 Å². The third-order valence-corrected chi connectivity index (χ3v) is 14.3. The van der Waals surface area contributed by atoms with Gasteiger partial charge in [-0.3, -0.25) is 19.3 Å². The zero-order chi connectivity index (χ0) is 32.6. The third-order valence-electron chi connectivity index (χ3n) is 10.0. The first kappa shape index (κ1) is 30.8. The number of likely N-dealkylation sites (N-methyl/N-ethyl adjacent to an activating group) is 1. The van der Waals surface area contributed by atoms with E-state index < -0.39 is 32.1 Å². The van der Waals surface area contributed by atoms with Gasteiger partial charge in [-0.2, -0.15) is 0 Å². The Morgan fingerprint density at radius 2 is 1.51 bits per heavy atom. The van der Waals surface area contributed by atoms with Gasteiger partial charge in [0.15, 0.2) is 28.7 Å². The Bertz CT molecular complexity index is 1620. The molecule has 45 heavy (non-hydrogen) atoms. The average molecular weight is 637 g/mol. The van der Waals surface area contributed by atoms with E-state index >= 15 is 0 Å². The maximum atomic E-state index is 13.6. The molecule has 4 aliphatic rings. The fourth-order valence-corrected chi connectivity index (χ4v) is 7.46. The highest BCUT2D eigenvalue weighted by Gasteiger charge is 2.54. The molecule has 2 aromatic rings. The van der Waals surface area contributed by atoms with E-state index in [-0.39, 0.29) is 41.9 Å². The number of carbonyl (C=O) groups excluding carboxylic acids is 3. The van der Waals surface area contributed by atoms with E-state index in [1.807, 2.05) is 24.3 Å². The van der Waals surface area contributed by atoms with Gasteiger partial charge in [0.1, 0.15) is 5.70 Å². The van der Waals surface area contributed by atoms with Crippen LogP contribution < -0.4 is 28.7 Å². The molecule has 0 spiro atoms. The standard InChI is InChI=1S/C33H40N2O9Si/c1-16-27(31(37)35(5)30(16)36)34-28-19-13-22-21(42-15-43-22)12-18(19)25(26-20(28)14-41-32(26)38)17-10-23(39-6)29(24(11-17)40-7)44-45(8,9)33(2,3)4/h10-13,20,25-26,28,34H,14-15H2,1-9H3/t20-,25+,26-,28+/m0/s1. The first-order valence-corrected chi connectivity index (χ1v) is 17.9. The molecule has 0 unspecified atom stereocenters. The van der Waals surface area contributed by atoms with Gasteiger partial charge >= 0.3 is 5.97 Å². The summed E-state index contributed by atoms with van der Waals surface area (Å²) in [5.41, 5.74) is 2.94. The number of methoxy groups -OCH3 is 2. The van der Waals surface area contributed by atoms with Crippen LogP contribution >= 0.6 is 0 Å². The number of fused-ring (bicyclic) bond motifs is 3. The van der Waals surface area contributed by atoms with Crippen molar-refractivity contribution in [3.8, 4) is 28.7 Å². The molecule has 0 radical (unpaired) electrons. The molecule has 1 N–H and O–H groups in total. The van der Waals surface area contributed by atoms with E-state index in [0.717, 1.165) is 21.6 Å². The van der Waals surface area contributed by atoms with Gasteiger partial charge in [0.25, 0.3) is 20.1 Å². The summed E-state index contributed by atoms with van der Waals surface area (Å²) in [6.07, 6.45) is 0. The highest BCUT2D eigenvalue weighted by Crippen LogP contribution is 2.56. The Hall–Kier alpha value is -4.19. The number of esters is 1. The van der Waals surface area contributed by atoms with Crippen molar-refractivity contribution in [3.05, 3.63) is 52.2 Å². The number of rotatable bonds is 7. The van der Waals surface area contributed by atoms with E-state index in [9.17, 15) is 14.4 Å². The molecular formula is C33H40N2O9Si. The van der Waals surface area contributed by atoms with E-state index in [1.54, 1.807) is 21.1 Å². The topological polar surface area (TPSA) is 122 Å². The number of hydrogen-bond donors (Lipinski definition) is 1. The lowest BCUT2D eigenvalue weighted by atomic mass is 9.65. The van der Waals surface area contributed by atoms with Gasteiger partial charge in [0.05, 0.1) is 32.8 Å². The third kappa shape index (κ3) is 4.81. The number of ether oxygens (including phenoxy) is 5. The van der Waals surface area contributed by atoms with Crippen molar-refractivity contribution in [3.63, 3.8) is 0 Å². The maximum Gasteiger partial charge on any atom is 0.310 e. The molecule has 4 atom stereocenters. The van der Waals surface area contributed by atoms with Crippen molar-refractivity contribution >= 4 is 26.1 Å². The van der Waals surface area contributed by atoms with Crippen LogP contribution in [0.4, 0.5) is 0 Å². The molecular weight excluding hydrogens is 596 g/mol. The van der Waals surface area contributed by atoms with Crippen LogP contribution in [0.5, 0.6) is 28.7 Å². The summed E-state index contributed by atoms with van der Waals surface area (Å²) >= 11 is 0.